The summed E-state index contributed by atoms with van der Waals surface area (Å²) in [6.07, 6.45) is 0. The van der Waals surface area contributed by atoms with Crippen LogP contribution in [0, 0.1) is 18.3 Å². The molecule has 112 valence electrons. The average molecular weight is 298 g/mol. The van der Waals surface area contributed by atoms with Gasteiger partial charge in [-0.25, -0.2) is 4.98 Å². The molecule has 6 heteroatoms. The van der Waals surface area contributed by atoms with Crippen LogP contribution in [0.15, 0.2) is 5.38 Å². The van der Waals surface area contributed by atoms with Crippen LogP contribution in [-0.4, -0.2) is 23.5 Å². The SMILES string of the molecule is CCOC(=O)C(C(=O)NCc1nc(C)cs1)C(C)(C)C. The van der Waals surface area contributed by atoms with Crippen LogP contribution in [0.25, 0.3) is 0 Å². The van der Waals surface area contributed by atoms with E-state index in [9.17, 15) is 9.59 Å². The van der Waals surface area contributed by atoms with Crippen LogP contribution in [0.2, 0.25) is 0 Å². The predicted molar refractivity (Wildman–Crippen MR) is 78.3 cm³/mol. The number of nitrogens with one attached hydrogen (secondary N) is 1. The number of aromatic nitrogens is 1. The first kappa shape index (κ1) is 16.6. The van der Waals surface area contributed by atoms with Gasteiger partial charge in [-0.05, 0) is 19.3 Å². The number of aryl methyl sites for hydroxylation is 1. The van der Waals surface area contributed by atoms with Crippen molar-refractivity contribution in [1.29, 1.82) is 0 Å². The monoisotopic (exact) mass is 298 g/mol. The Bertz CT molecular complexity index is 477. The lowest BCUT2D eigenvalue weighted by molar-refractivity contribution is -0.156. The summed E-state index contributed by atoms with van der Waals surface area (Å²) in [5.41, 5.74) is 0.437. The van der Waals surface area contributed by atoms with Gasteiger partial charge in [0.2, 0.25) is 5.91 Å². The summed E-state index contributed by atoms with van der Waals surface area (Å²) in [5, 5.41) is 5.52. The minimum absolute atomic E-state index is 0.268. The maximum Gasteiger partial charge on any atom is 0.319 e. The second kappa shape index (κ2) is 6.83. The van der Waals surface area contributed by atoms with Gasteiger partial charge in [0.05, 0.1) is 13.2 Å². The molecule has 1 aromatic rings. The lowest BCUT2D eigenvalue weighted by Crippen LogP contribution is -2.43. The normalized spacial score (nSPS) is 12.8. The van der Waals surface area contributed by atoms with Gasteiger partial charge in [0, 0.05) is 11.1 Å². The zero-order valence-electron chi connectivity index (χ0n) is 12.6. The van der Waals surface area contributed by atoms with E-state index in [-0.39, 0.29) is 12.5 Å². The Hall–Kier alpha value is -1.43. The molecule has 1 heterocycles. The van der Waals surface area contributed by atoms with Crippen molar-refractivity contribution in [3.8, 4) is 0 Å². The topological polar surface area (TPSA) is 68.3 Å². The zero-order chi connectivity index (χ0) is 15.3. The van der Waals surface area contributed by atoms with Gasteiger partial charge in [0.25, 0.3) is 0 Å². The van der Waals surface area contributed by atoms with Crippen LogP contribution < -0.4 is 5.32 Å². The fraction of sp³-hybridized carbons (Fsp3) is 0.643. The smallest absolute Gasteiger partial charge is 0.319 e. The van der Waals surface area contributed by atoms with E-state index in [1.807, 2.05) is 33.1 Å². The Morgan fingerprint density at radius 1 is 1.45 bits per heavy atom. The fourth-order valence-electron chi connectivity index (χ4n) is 1.83. The van der Waals surface area contributed by atoms with Crippen molar-refractivity contribution in [2.24, 2.45) is 11.3 Å². The highest BCUT2D eigenvalue weighted by molar-refractivity contribution is 7.09. The van der Waals surface area contributed by atoms with Gasteiger partial charge in [-0.15, -0.1) is 11.3 Å². The lowest BCUT2D eigenvalue weighted by atomic mass is 9.80. The highest BCUT2D eigenvalue weighted by Gasteiger charge is 2.38. The van der Waals surface area contributed by atoms with Gasteiger partial charge in [-0.2, -0.15) is 0 Å². The van der Waals surface area contributed by atoms with E-state index >= 15 is 0 Å². The maximum absolute atomic E-state index is 12.3. The van der Waals surface area contributed by atoms with Crippen molar-refractivity contribution in [3.05, 3.63) is 16.1 Å². The molecule has 20 heavy (non-hydrogen) atoms. The average Bonchev–Trinajstić information content (AvgIpc) is 2.71. The first-order valence-electron chi connectivity index (χ1n) is 6.61. The molecule has 0 spiro atoms. The van der Waals surface area contributed by atoms with E-state index in [1.54, 1.807) is 6.92 Å². The number of hydrogen-bond donors (Lipinski definition) is 1. The van der Waals surface area contributed by atoms with E-state index in [1.165, 1.54) is 11.3 Å². The molecule has 1 rings (SSSR count). The molecule has 5 nitrogen and oxygen atoms in total. The number of thiazole rings is 1. The number of carbonyl (C=O) groups is 2. The summed E-state index contributed by atoms with van der Waals surface area (Å²) in [6.45, 7) is 9.78. The molecule has 1 amide bonds. The second-order valence-electron chi connectivity index (χ2n) is 5.65. The molecule has 0 aliphatic rings. The van der Waals surface area contributed by atoms with Gasteiger partial charge in [-0.1, -0.05) is 20.8 Å². The van der Waals surface area contributed by atoms with E-state index < -0.39 is 17.3 Å². The van der Waals surface area contributed by atoms with Gasteiger partial charge < -0.3 is 10.1 Å². The van der Waals surface area contributed by atoms with E-state index in [2.05, 4.69) is 10.3 Å². The summed E-state index contributed by atoms with van der Waals surface area (Å²) >= 11 is 1.49. The predicted octanol–water partition coefficient (Wildman–Crippen LogP) is 2.29. The molecular weight excluding hydrogens is 276 g/mol. The van der Waals surface area contributed by atoms with Crippen molar-refractivity contribution >= 4 is 23.2 Å². The van der Waals surface area contributed by atoms with Crippen LogP contribution in [0.5, 0.6) is 0 Å². The number of ether oxygens (including phenoxy) is 1. The third-order valence-corrected chi connectivity index (χ3v) is 3.70. The summed E-state index contributed by atoms with van der Waals surface area (Å²) in [5.74, 6) is -1.61. The third kappa shape index (κ3) is 4.59. The third-order valence-electron chi connectivity index (χ3n) is 2.73. The van der Waals surface area contributed by atoms with Crippen molar-refractivity contribution < 1.29 is 14.3 Å². The number of rotatable bonds is 5. The van der Waals surface area contributed by atoms with Crippen LogP contribution in [0.3, 0.4) is 0 Å². The highest BCUT2D eigenvalue weighted by Crippen LogP contribution is 2.27. The Labute approximate surface area is 123 Å². The first-order chi connectivity index (χ1) is 9.25. The van der Waals surface area contributed by atoms with Crippen molar-refractivity contribution in [2.45, 2.75) is 41.2 Å². The number of amides is 1. The molecule has 0 radical (unpaired) electrons. The number of esters is 1. The van der Waals surface area contributed by atoms with Gasteiger partial charge in [-0.3, -0.25) is 9.59 Å². The molecule has 1 aromatic heterocycles. The molecule has 0 saturated carbocycles. The Morgan fingerprint density at radius 3 is 2.55 bits per heavy atom. The van der Waals surface area contributed by atoms with Crippen LogP contribution in [-0.2, 0) is 20.9 Å². The van der Waals surface area contributed by atoms with Gasteiger partial charge >= 0.3 is 5.97 Å². The van der Waals surface area contributed by atoms with Gasteiger partial charge in [0.1, 0.15) is 10.9 Å². The molecule has 0 bridgehead atoms. The Kier molecular flexibility index (Phi) is 5.68. The molecule has 1 unspecified atom stereocenters. The fourth-order valence-corrected chi connectivity index (χ4v) is 2.54. The number of hydrogen-bond acceptors (Lipinski definition) is 5. The van der Waals surface area contributed by atoms with Crippen LogP contribution in [0.4, 0.5) is 0 Å². The molecular formula is C14H22N2O3S. The molecule has 0 fully saturated rings. The summed E-state index contributed by atoms with van der Waals surface area (Å²) in [4.78, 5) is 28.5. The second-order valence-corrected chi connectivity index (χ2v) is 6.59. The highest BCUT2D eigenvalue weighted by atomic mass is 32.1. The summed E-state index contributed by atoms with van der Waals surface area (Å²) in [6, 6.07) is 0. The van der Waals surface area contributed by atoms with E-state index in [4.69, 9.17) is 4.74 Å². The summed E-state index contributed by atoms with van der Waals surface area (Å²) in [7, 11) is 0. The standard InChI is InChI=1S/C14H22N2O3S/c1-6-19-13(18)11(14(3,4)5)12(17)15-7-10-16-9(2)8-20-10/h8,11H,6-7H2,1-5H3,(H,15,17). The maximum atomic E-state index is 12.3. The van der Waals surface area contributed by atoms with E-state index in [0.29, 0.717) is 6.54 Å². The Morgan fingerprint density at radius 2 is 2.10 bits per heavy atom. The lowest BCUT2D eigenvalue weighted by Gasteiger charge is -2.27. The van der Waals surface area contributed by atoms with Gasteiger partial charge in [0.15, 0.2) is 0 Å². The molecule has 0 aromatic carbocycles. The van der Waals surface area contributed by atoms with Crippen molar-refractivity contribution in [3.63, 3.8) is 0 Å². The van der Waals surface area contributed by atoms with Crippen LogP contribution in [0.1, 0.15) is 38.4 Å². The molecule has 0 aliphatic carbocycles. The van der Waals surface area contributed by atoms with Crippen LogP contribution >= 0.6 is 11.3 Å². The summed E-state index contributed by atoms with van der Waals surface area (Å²) < 4.78 is 5.00. The largest absolute Gasteiger partial charge is 0.465 e. The quantitative estimate of drug-likeness (QED) is 0.669. The molecule has 1 atom stereocenters. The Balaban J connectivity index is 2.71. The first-order valence-corrected chi connectivity index (χ1v) is 7.49. The van der Waals surface area contributed by atoms with Crippen molar-refractivity contribution in [1.82, 2.24) is 10.3 Å². The minimum Gasteiger partial charge on any atom is -0.465 e. The molecule has 0 saturated heterocycles. The number of nitrogens with zero attached hydrogens (tertiary/aromatic N) is 1. The number of carbonyl (C=O) groups excluding carboxylic acids is 2. The zero-order valence-corrected chi connectivity index (χ0v) is 13.5. The molecule has 0 aliphatic heterocycles. The minimum atomic E-state index is -0.816. The van der Waals surface area contributed by atoms with Crippen molar-refractivity contribution in [2.75, 3.05) is 6.61 Å². The molecule has 1 N–H and O–H groups in total. The van der Waals surface area contributed by atoms with E-state index in [0.717, 1.165) is 10.7 Å².